The lowest BCUT2D eigenvalue weighted by Gasteiger charge is -2.34. The minimum absolute atomic E-state index is 0.00623. The maximum absolute atomic E-state index is 5.53. The van der Waals surface area contributed by atoms with Gasteiger partial charge in [-0.25, -0.2) is 5.43 Å². The fraction of sp³-hybridized carbons (Fsp3) is 0.591. The van der Waals surface area contributed by atoms with Crippen LogP contribution in [0, 0.1) is 10.8 Å². The SMILES string of the molecule is COc1ccc(C2=CC(C(C)(C)C)=NC3CC(C(C)(C)C)NN23)cc1OC. The lowest BCUT2D eigenvalue weighted by Crippen LogP contribution is -2.44. The van der Waals surface area contributed by atoms with Crippen molar-refractivity contribution < 1.29 is 9.47 Å². The van der Waals surface area contributed by atoms with E-state index in [1.807, 2.05) is 12.1 Å². The fourth-order valence-corrected chi connectivity index (χ4v) is 3.54. The zero-order chi connectivity index (χ0) is 20.0. The van der Waals surface area contributed by atoms with Gasteiger partial charge in [-0.05, 0) is 29.7 Å². The number of rotatable bonds is 3. The molecule has 27 heavy (non-hydrogen) atoms. The van der Waals surface area contributed by atoms with E-state index in [4.69, 9.17) is 14.5 Å². The van der Waals surface area contributed by atoms with Crippen molar-refractivity contribution in [2.45, 2.75) is 60.2 Å². The van der Waals surface area contributed by atoms with Gasteiger partial charge in [0.1, 0.15) is 6.17 Å². The van der Waals surface area contributed by atoms with Crippen LogP contribution in [0.4, 0.5) is 0 Å². The van der Waals surface area contributed by atoms with E-state index < -0.39 is 0 Å². The summed E-state index contributed by atoms with van der Waals surface area (Å²) in [6, 6.07) is 6.46. The number of methoxy groups -OCH3 is 2. The van der Waals surface area contributed by atoms with Crippen molar-refractivity contribution in [2.75, 3.05) is 14.2 Å². The van der Waals surface area contributed by atoms with Gasteiger partial charge in [-0.2, -0.15) is 0 Å². The summed E-state index contributed by atoms with van der Waals surface area (Å²) in [6.07, 6.45) is 3.31. The molecule has 148 valence electrons. The minimum atomic E-state index is -0.00623. The monoisotopic (exact) mass is 371 g/mol. The van der Waals surface area contributed by atoms with Crippen LogP contribution in [-0.2, 0) is 0 Å². The first-order chi connectivity index (χ1) is 12.5. The molecule has 0 amide bonds. The molecule has 0 spiro atoms. The molecule has 5 heteroatoms. The summed E-state index contributed by atoms with van der Waals surface area (Å²) in [7, 11) is 3.33. The Morgan fingerprint density at radius 2 is 1.70 bits per heavy atom. The van der Waals surface area contributed by atoms with Gasteiger partial charge >= 0.3 is 0 Å². The first kappa shape index (κ1) is 19.7. The zero-order valence-electron chi connectivity index (χ0n) is 17.9. The highest BCUT2D eigenvalue weighted by atomic mass is 16.5. The van der Waals surface area contributed by atoms with Crippen LogP contribution >= 0.6 is 0 Å². The number of nitrogens with zero attached hydrogens (tertiary/aromatic N) is 2. The maximum Gasteiger partial charge on any atom is 0.161 e. The zero-order valence-corrected chi connectivity index (χ0v) is 17.9. The third kappa shape index (κ3) is 3.84. The highest BCUT2D eigenvalue weighted by Gasteiger charge is 2.41. The average Bonchev–Trinajstić information content (AvgIpc) is 3.04. The standard InChI is InChI=1S/C22H33N3O2/c1-21(2,3)18-12-15(14-9-10-16(26-7)17(11-14)27-8)25-20(23-18)13-19(24-25)22(4,5)6/h9-12,19-20,24H,13H2,1-8H3. The van der Waals surface area contributed by atoms with E-state index in [0.717, 1.165) is 34.9 Å². The highest BCUT2D eigenvalue weighted by molar-refractivity contribution is 6.05. The molecule has 5 nitrogen and oxygen atoms in total. The van der Waals surface area contributed by atoms with Crippen molar-refractivity contribution in [1.29, 1.82) is 0 Å². The topological polar surface area (TPSA) is 46.1 Å². The molecule has 0 radical (unpaired) electrons. The molecule has 0 saturated carbocycles. The van der Waals surface area contributed by atoms with Crippen LogP contribution in [0.25, 0.3) is 5.70 Å². The molecule has 1 aromatic carbocycles. The molecule has 0 aliphatic carbocycles. The number of nitrogens with one attached hydrogen (secondary N) is 1. The largest absolute Gasteiger partial charge is 0.493 e. The molecule has 2 aliphatic heterocycles. The normalized spacial score (nSPS) is 22.9. The summed E-state index contributed by atoms with van der Waals surface area (Å²) < 4.78 is 10.9. The molecule has 1 N–H and O–H groups in total. The van der Waals surface area contributed by atoms with Gasteiger partial charge in [-0.1, -0.05) is 41.5 Å². The maximum atomic E-state index is 5.53. The summed E-state index contributed by atoms with van der Waals surface area (Å²) in [4.78, 5) is 5.08. The van der Waals surface area contributed by atoms with E-state index in [2.05, 4.69) is 64.1 Å². The molecular formula is C22H33N3O2. The van der Waals surface area contributed by atoms with Gasteiger partial charge < -0.3 is 9.47 Å². The van der Waals surface area contributed by atoms with Gasteiger partial charge in [0, 0.05) is 29.2 Å². The smallest absolute Gasteiger partial charge is 0.161 e. The van der Waals surface area contributed by atoms with Crippen LogP contribution in [0.15, 0.2) is 29.3 Å². The molecule has 1 aromatic rings. The second-order valence-corrected chi connectivity index (χ2v) is 9.50. The van der Waals surface area contributed by atoms with Crippen molar-refractivity contribution in [2.24, 2.45) is 15.8 Å². The summed E-state index contributed by atoms with van der Waals surface area (Å²) in [5.41, 5.74) is 7.22. The van der Waals surface area contributed by atoms with E-state index in [9.17, 15) is 0 Å². The molecule has 0 aromatic heterocycles. The Morgan fingerprint density at radius 3 is 2.26 bits per heavy atom. The molecule has 2 unspecified atom stereocenters. The second-order valence-electron chi connectivity index (χ2n) is 9.50. The minimum Gasteiger partial charge on any atom is -0.493 e. The van der Waals surface area contributed by atoms with Gasteiger partial charge in [0.05, 0.1) is 19.9 Å². The van der Waals surface area contributed by atoms with Crippen molar-refractivity contribution in [3.05, 3.63) is 29.8 Å². The summed E-state index contributed by atoms with van der Waals surface area (Å²) in [5.74, 6) is 1.47. The molecular weight excluding hydrogens is 338 g/mol. The number of aliphatic imine (C=N–C) groups is 1. The number of allylic oxidation sites excluding steroid dienone is 1. The first-order valence-electron chi connectivity index (χ1n) is 9.62. The van der Waals surface area contributed by atoms with Gasteiger partial charge in [-0.3, -0.25) is 10.0 Å². The Balaban J connectivity index is 2.06. The van der Waals surface area contributed by atoms with Crippen LogP contribution in [0.5, 0.6) is 11.5 Å². The van der Waals surface area contributed by atoms with Crippen LogP contribution in [0.2, 0.25) is 0 Å². The number of fused-ring (bicyclic) bond motifs is 1. The molecule has 1 saturated heterocycles. The number of hydrogen-bond donors (Lipinski definition) is 1. The van der Waals surface area contributed by atoms with E-state index >= 15 is 0 Å². The third-order valence-electron chi connectivity index (χ3n) is 5.35. The Labute approximate surface area is 163 Å². The number of benzene rings is 1. The van der Waals surface area contributed by atoms with Crippen molar-refractivity contribution in [1.82, 2.24) is 10.4 Å². The van der Waals surface area contributed by atoms with E-state index in [1.165, 1.54) is 0 Å². The molecule has 2 heterocycles. The Bertz CT molecular complexity index is 769. The van der Waals surface area contributed by atoms with Crippen LogP contribution < -0.4 is 14.9 Å². The fourth-order valence-electron chi connectivity index (χ4n) is 3.54. The first-order valence-corrected chi connectivity index (χ1v) is 9.62. The van der Waals surface area contributed by atoms with Gasteiger partial charge in [0.25, 0.3) is 0 Å². The lowest BCUT2D eigenvalue weighted by molar-refractivity contribution is 0.227. The molecule has 1 fully saturated rings. The summed E-state index contributed by atoms with van der Waals surface area (Å²) in [6.45, 7) is 13.5. The Hall–Kier alpha value is -2.01. The van der Waals surface area contributed by atoms with E-state index in [1.54, 1.807) is 14.2 Å². The Kier molecular flexibility index (Phi) is 5.02. The van der Waals surface area contributed by atoms with Crippen LogP contribution in [0.3, 0.4) is 0 Å². The summed E-state index contributed by atoms with van der Waals surface area (Å²) >= 11 is 0. The van der Waals surface area contributed by atoms with Gasteiger partial charge in [0.15, 0.2) is 11.5 Å². The average molecular weight is 372 g/mol. The molecule has 3 rings (SSSR count). The van der Waals surface area contributed by atoms with Crippen molar-refractivity contribution >= 4 is 11.4 Å². The molecule has 2 aliphatic rings. The molecule has 2 atom stereocenters. The van der Waals surface area contributed by atoms with E-state index in [-0.39, 0.29) is 17.0 Å². The summed E-state index contributed by atoms with van der Waals surface area (Å²) in [5, 5.41) is 2.23. The molecule has 0 bridgehead atoms. The van der Waals surface area contributed by atoms with Crippen LogP contribution in [0.1, 0.15) is 53.5 Å². The predicted molar refractivity (Wildman–Crippen MR) is 111 cm³/mol. The number of hydrazine groups is 1. The Morgan fingerprint density at radius 1 is 1.04 bits per heavy atom. The quantitative estimate of drug-likeness (QED) is 0.850. The van der Waals surface area contributed by atoms with Crippen molar-refractivity contribution in [3.8, 4) is 11.5 Å². The second kappa shape index (κ2) is 6.86. The lowest BCUT2D eigenvalue weighted by atomic mass is 9.85. The van der Waals surface area contributed by atoms with Gasteiger partial charge in [0.2, 0.25) is 0 Å². The van der Waals surface area contributed by atoms with E-state index in [0.29, 0.717) is 6.04 Å². The highest BCUT2D eigenvalue weighted by Crippen LogP contribution is 2.39. The number of ether oxygens (including phenoxy) is 2. The number of hydrogen-bond acceptors (Lipinski definition) is 5. The predicted octanol–water partition coefficient (Wildman–Crippen LogP) is 4.50. The van der Waals surface area contributed by atoms with Crippen LogP contribution in [-0.4, -0.2) is 37.1 Å². The van der Waals surface area contributed by atoms with Crippen molar-refractivity contribution in [3.63, 3.8) is 0 Å². The third-order valence-corrected chi connectivity index (χ3v) is 5.35. The van der Waals surface area contributed by atoms with Gasteiger partial charge in [-0.15, -0.1) is 0 Å².